The summed E-state index contributed by atoms with van der Waals surface area (Å²) < 4.78 is 21.7. The monoisotopic (exact) mass is 427 g/mol. The van der Waals surface area contributed by atoms with Gasteiger partial charge in [0, 0.05) is 16.7 Å². The van der Waals surface area contributed by atoms with Crippen LogP contribution in [0.4, 0.5) is 5.69 Å². The third-order valence-electron chi connectivity index (χ3n) is 4.39. The smallest absolute Gasteiger partial charge is 0.255 e. The van der Waals surface area contributed by atoms with Crippen molar-refractivity contribution >= 4 is 23.2 Å². The highest BCUT2D eigenvalue weighted by molar-refractivity contribution is 6.30. The summed E-state index contributed by atoms with van der Waals surface area (Å²) in [6.45, 7) is 0.349. The summed E-state index contributed by atoms with van der Waals surface area (Å²) in [5, 5.41) is 3.50. The number of hydrogen-bond acceptors (Lipinski definition) is 5. The molecule has 30 heavy (non-hydrogen) atoms. The molecule has 3 aromatic carbocycles. The van der Waals surface area contributed by atoms with Crippen LogP contribution in [0.2, 0.25) is 5.02 Å². The molecule has 3 aromatic rings. The van der Waals surface area contributed by atoms with E-state index in [4.69, 9.17) is 30.5 Å². The average Bonchev–Trinajstić information content (AvgIpc) is 2.78. The molecule has 6 nitrogen and oxygen atoms in total. The fourth-order valence-corrected chi connectivity index (χ4v) is 2.89. The lowest BCUT2D eigenvalue weighted by molar-refractivity contribution is 0.102. The molecular formula is C23H22ClNO5. The van der Waals surface area contributed by atoms with Gasteiger partial charge >= 0.3 is 0 Å². The molecule has 0 fully saturated rings. The summed E-state index contributed by atoms with van der Waals surface area (Å²) in [5.41, 5.74) is 1.92. The minimum Gasteiger partial charge on any atom is -0.497 e. The van der Waals surface area contributed by atoms with Crippen LogP contribution in [0.25, 0.3) is 0 Å². The van der Waals surface area contributed by atoms with Crippen LogP contribution in [0.5, 0.6) is 23.0 Å². The van der Waals surface area contributed by atoms with Gasteiger partial charge in [-0.25, -0.2) is 0 Å². The van der Waals surface area contributed by atoms with Gasteiger partial charge in [-0.05, 0) is 48.0 Å². The Bertz CT molecular complexity index is 1020. The van der Waals surface area contributed by atoms with Crippen molar-refractivity contribution in [3.8, 4) is 23.0 Å². The van der Waals surface area contributed by atoms with Gasteiger partial charge in [-0.2, -0.15) is 0 Å². The van der Waals surface area contributed by atoms with Crippen molar-refractivity contribution in [2.24, 2.45) is 0 Å². The number of methoxy groups -OCH3 is 3. The highest BCUT2D eigenvalue weighted by Gasteiger charge is 2.14. The first kappa shape index (κ1) is 21.3. The van der Waals surface area contributed by atoms with E-state index in [9.17, 15) is 4.79 Å². The Morgan fingerprint density at radius 3 is 2.23 bits per heavy atom. The molecule has 0 aliphatic carbocycles. The molecule has 156 valence electrons. The molecule has 3 rings (SSSR count). The van der Waals surface area contributed by atoms with Crippen LogP contribution in [0.3, 0.4) is 0 Å². The largest absolute Gasteiger partial charge is 0.497 e. The molecule has 0 atom stereocenters. The highest BCUT2D eigenvalue weighted by atomic mass is 35.5. The maximum atomic E-state index is 12.7. The molecule has 0 aliphatic rings. The van der Waals surface area contributed by atoms with Crippen molar-refractivity contribution in [2.75, 3.05) is 26.6 Å². The minimum absolute atomic E-state index is 0.305. The third kappa shape index (κ3) is 5.15. The van der Waals surface area contributed by atoms with Crippen molar-refractivity contribution < 1.29 is 23.7 Å². The molecule has 0 saturated carbocycles. The Balaban J connectivity index is 1.73. The van der Waals surface area contributed by atoms with Crippen LogP contribution in [-0.2, 0) is 6.61 Å². The zero-order chi connectivity index (χ0) is 21.5. The Kier molecular flexibility index (Phi) is 7.03. The van der Waals surface area contributed by atoms with Gasteiger partial charge in [-0.1, -0.05) is 23.7 Å². The summed E-state index contributed by atoms with van der Waals surface area (Å²) >= 11 is 5.90. The standard InChI is InChI=1S/C23H22ClNO5/c1-27-18-9-10-19(21(13-18)28-2)25-23(26)16-6-11-20(22(12-16)29-3)30-14-15-4-7-17(24)8-5-15/h4-13H,14H2,1-3H3,(H,25,26). The van der Waals surface area contributed by atoms with Gasteiger partial charge < -0.3 is 24.3 Å². The van der Waals surface area contributed by atoms with Gasteiger partial charge in [0.25, 0.3) is 5.91 Å². The van der Waals surface area contributed by atoms with E-state index in [2.05, 4.69) is 5.32 Å². The Labute approximate surface area is 180 Å². The third-order valence-corrected chi connectivity index (χ3v) is 4.64. The van der Waals surface area contributed by atoms with Crippen LogP contribution < -0.4 is 24.3 Å². The van der Waals surface area contributed by atoms with Crippen LogP contribution >= 0.6 is 11.6 Å². The van der Waals surface area contributed by atoms with Crippen molar-refractivity contribution in [1.29, 1.82) is 0 Å². The molecule has 1 N–H and O–H groups in total. The van der Waals surface area contributed by atoms with E-state index in [1.165, 1.54) is 14.2 Å². The number of rotatable bonds is 8. The molecular weight excluding hydrogens is 406 g/mol. The van der Waals surface area contributed by atoms with E-state index in [0.29, 0.717) is 45.9 Å². The number of halogens is 1. The zero-order valence-corrected chi connectivity index (χ0v) is 17.7. The molecule has 0 bridgehead atoms. The molecule has 0 heterocycles. The van der Waals surface area contributed by atoms with Gasteiger partial charge in [0.15, 0.2) is 11.5 Å². The van der Waals surface area contributed by atoms with E-state index in [1.807, 2.05) is 12.1 Å². The fourth-order valence-electron chi connectivity index (χ4n) is 2.77. The summed E-state index contributed by atoms with van der Waals surface area (Å²) in [7, 11) is 4.62. The van der Waals surface area contributed by atoms with Crippen LogP contribution in [-0.4, -0.2) is 27.2 Å². The minimum atomic E-state index is -0.305. The maximum Gasteiger partial charge on any atom is 0.255 e. The second kappa shape index (κ2) is 9.89. The Hall–Kier alpha value is -3.38. The quantitative estimate of drug-likeness (QED) is 0.535. The molecule has 0 aliphatic heterocycles. The first-order valence-electron chi connectivity index (χ1n) is 9.12. The zero-order valence-electron chi connectivity index (χ0n) is 16.9. The molecule has 1 amide bonds. The lowest BCUT2D eigenvalue weighted by Gasteiger charge is -2.14. The van der Waals surface area contributed by atoms with Crippen molar-refractivity contribution in [3.05, 3.63) is 76.8 Å². The number of anilines is 1. The normalized spacial score (nSPS) is 10.3. The topological polar surface area (TPSA) is 66.0 Å². The summed E-state index contributed by atoms with van der Waals surface area (Å²) in [6, 6.07) is 17.5. The van der Waals surface area contributed by atoms with Crippen molar-refractivity contribution in [1.82, 2.24) is 0 Å². The van der Waals surface area contributed by atoms with Crippen LogP contribution in [0.1, 0.15) is 15.9 Å². The first-order chi connectivity index (χ1) is 14.5. The number of carbonyl (C=O) groups excluding carboxylic acids is 1. The number of ether oxygens (including phenoxy) is 4. The molecule has 7 heteroatoms. The molecule has 0 radical (unpaired) electrons. The average molecular weight is 428 g/mol. The molecule has 0 unspecified atom stereocenters. The number of benzene rings is 3. The van der Waals surface area contributed by atoms with Crippen molar-refractivity contribution in [2.45, 2.75) is 6.61 Å². The lowest BCUT2D eigenvalue weighted by atomic mass is 10.1. The molecule has 0 aromatic heterocycles. The lowest BCUT2D eigenvalue weighted by Crippen LogP contribution is -2.13. The summed E-state index contributed by atoms with van der Waals surface area (Å²) in [5.74, 6) is 1.82. The maximum absolute atomic E-state index is 12.7. The summed E-state index contributed by atoms with van der Waals surface area (Å²) in [4.78, 5) is 12.7. The molecule has 0 spiro atoms. The van der Waals surface area contributed by atoms with Crippen LogP contribution in [0.15, 0.2) is 60.7 Å². The van der Waals surface area contributed by atoms with Crippen LogP contribution in [0, 0.1) is 0 Å². The van der Waals surface area contributed by atoms with Gasteiger partial charge in [0.1, 0.15) is 18.1 Å². The van der Waals surface area contributed by atoms with Crippen molar-refractivity contribution in [3.63, 3.8) is 0 Å². The predicted molar refractivity (Wildman–Crippen MR) is 116 cm³/mol. The van der Waals surface area contributed by atoms with E-state index in [1.54, 1.807) is 55.6 Å². The Morgan fingerprint density at radius 1 is 0.833 bits per heavy atom. The van der Waals surface area contributed by atoms with E-state index < -0.39 is 0 Å². The molecule has 0 saturated heterocycles. The Morgan fingerprint density at radius 2 is 1.57 bits per heavy atom. The van der Waals surface area contributed by atoms with E-state index in [-0.39, 0.29) is 5.91 Å². The van der Waals surface area contributed by atoms with E-state index in [0.717, 1.165) is 5.56 Å². The predicted octanol–water partition coefficient (Wildman–Crippen LogP) is 5.20. The highest BCUT2D eigenvalue weighted by Crippen LogP contribution is 2.32. The summed E-state index contributed by atoms with van der Waals surface area (Å²) in [6.07, 6.45) is 0. The first-order valence-corrected chi connectivity index (χ1v) is 9.50. The van der Waals surface area contributed by atoms with Gasteiger partial charge in [-0.15, -0.1) is 0 Å². The van der Waals surface area contributed by atoms with Gasteiger partial charge in [0.2, 0.25) is 0 Å². The SMILES string of the molecule is COc1ccc(NC(=O)c2ccc(OCc3ccc(Cl)cc3)c(OC)c2)c(OC)c1. The number of carbonyl (C=O) groups is 1. The number of hydrogen-bond donors (Lipinski definition) is 1. The number of nitrogens with one attached hydrogen (secondary N) is 1. The second-order valence-corrected chi connectivity index (χ2v) is 6.74. The van der Waals surface area contributed by atoms with Gasteiger partial charge in [-0.3, -0.25) is 4.79 Å². The van der Waals surface area contributed by atoms with Gasteiger partial charge in [0.05, 0.1) is 27.0 Å². The fraction of sp³-hybridized carbons (Fsp3) is 0.174. The van der Waals surface area contributed by atoms with E-state index >= 15 is 0 Å². The second-order valence-electron chi connectivity index (χ2n) is 6.30. The number of amides is 1.